The number of rotatable bonds is 10. The second-order valence-electron chi connectivity index (χ2n) is 14.0. The number of unbranched alkanes of at least 4 members (excludes halogenated alkanes) is 1. The lowest BCUT2D eigenvalue weighted by Crippen LogP contribution is -2.66. The van der Waals surface area contributed by atoms with Crippen molar-refractivity contribution in [2.45, 2.75) is 103 Å². The van der Waals surface area contributed by atoms with Crippen LogP contribution in [0.2, 0.25) is 0 Å². The summed E-state index contributed by atoms with van der Waals surface area (Å²) >= 11 is 0. The van der Waals surface area contributed by atoms with E-state index < -0.39 is 17.5 Å². The smallest absolute Gasteiger partial charge is 0.228 e. The van der Waals surface area contributed by atoms with E-state index in [-0.39, 0.29) is 23.9 Å². The number of carbonyl (C=O) groups is 1. The molecular weight excluding hydrogens is 540 g/mol. The summed E-state index contributed by atoms with van der Waals surface area (Å²) in [4.78, 5) is 19.4. The van der Waals surface area contributed by atoms with Gasteiger partial charge in [-0.1, -0.05) is 32.8 Å². The van der Waals surface area contributed by atoms with Gasteiger partial charge < -0.3 is 31.7 Å². The van der Waals surface area contributed by atoms with Crippen molar-refractivity contribution in [3.63, 3.8) is 0 Å². The van der Waals surface area contributed by atoms with E-state index in [1.807, 2.05) is 13.8 Å². The largest absolute Gasteiger partial charge is 0.378 e. The molecule has 0 aliphatic carbocycles. The average Bonchev–Trinajstić information content (AvgIpc) is 2.96. The minimum absolute atomic E-state index is 0.00146. The van der Waals surface area contributed by atoms with Gasteiger partial charge in [0.2, 0.25) is 5.91 Å². The Bertz CT molecular complexity index is 955. The van der Waals surface area contributed by atoms with Gasteiger partial charge in [0, 0.05) is 57.0 Å². The SMILES string of the molecule is CCCCC(CC)/C1=C/CC(C(C)(C)C#N)CNC(C)C(C(=O)NC2CNCCC2N2CCN(C3COC3)CC2)C(N)N1. The highest BCUT2D eigenvalue weighted by molar-refractivity contribution is 5.80. The Morgan fingerprint density at radius 2 is 1.93 bits per heavy atom. The lowest BCUT2D eigenvalue weighted by atomic mass is 9.77. The zero-order valence-electron chi connectivity index (χ0n) is 27.5. The molecule has 10 heteroatoms. The molecule has 7 unspecified atom stereocenters. The van der Waals surface area contributed by atoms with Crippen LogP contribution in [0.15, 0.2) is 11.8 Å². The molecule has 4 rings (SSSR count). The number of nitrogens with two attached hydrogens (primary N) is 1. The summed E-state index contributed by atoms with van der Waals surface area (Å²) < 4.78 is 5.42. The maximum atomic E-state index is 14.2. The molecule has 43 heavy (non-hydrogen) atoms. The van der Waals surface area contributed by atoms with Gasteiger partial charge in [-0.3, -0.25) is 14.6 Å². The van der Waals surface area contributed by atoms with E-state index in [2.05, 4.69) is 64.0 Å². The van der Waals surface area contributed by atoms with Crippen LogP contribution in [-0.2, 0) is 9.53 Å². The summed E-state index contributed by atoms with van der Waals surface area (Å²) in [5, 5.41) is 24.3. The van der Waals surface area contributed by atoms with Gasteiger partial charge in [0.1, 0.15) is 0 Å². The molecule has 0 aromatic carbocycles. The van der Waals surface area contributed by atoms with Crippen molar-refractivity contribution >= 4 is 5.91 Å². The number of nitriles is 1. The zero-order valence-corrected chi connectivity index (χ0v) is 27.5. The maximum Gasteiger partial charge on any atom is 0.228 e. The van der Waals surface area contributed by atoms with Crippen molar-refractivity contribution in [3.8, 4) is 6.07 Å². The number of piperazine rings is 1. The predicted octanol–water partition coefficient (Wildman–Crippen LogP) is 1.99. The molecule has 4 aliphatic rings. The highest BCUT2D eigenvalue weighted by Gasteiger charge is 2.40. The third kappa shape index (κ3) is 8.71. The zero-order chi connectivity index (χ0) is 31.0. The van der Waals surface area contributed by atoms with Gasteiger partial charge in [-0.2, -0.15) is 5.26 Å². The highest BCUT2D eigenvalue weighted by Crippen LogP contribution is 2.32. The third-order valence-corrected chi connectivity index (χ3v) is 10.7. The molecule has 0 aromatic heterocycles. The summed E-state index contributed by atoms with van der Waals surface area (Å²) in [7, 11) is 0. The fourth-order valence-corrected chi connectivity index (χ4v) is 7.38. The van der Waals surface area contributed by atoms with Gasteiger partial charge in [-0.05, 0) is 64.8 Å². The second-order valence-corrected chi connectivity index (χ2v) is 14.0. The first-order valence-corrected chi connectivity index (χ1v) is 17.1. The molecule has 244 valence electrons. The normalized spacial score (nSPS) is 34.1. The molecule has 0 aromatic rings. The number of piperidine rings is 1. The summed E-state index contributed by atoms with van der Waals surface area (Å²) in [6.45, 7) is 18.9. The minimum atomic E-state index is -0.520. The van der Waals surface area contributed by atoms with Crippen LogP contribution < -0.4 is 27.0 Å². The third-order valence-electron chi connectivity index (χ3n) is 10.7. The molecule has 0 spiro atoms. The molecule has 6 N–H and O–H groups in total. The summed E-state index contributed by atoms with van der Waals surface area (Å²) in [5.41, 5.74) is 7.57. The van der Waals surface area contributed by atoms with Crippen LogP contribution >= 0.6 is 0 Å². The maximum absolute atomic E-state index is 14.2. The molecule has 3 saturated heterocycles. The lowest BCUT2D eigenvalue weighted by molar-refractivity contribution is -0.128. The van der Waals surface area contributed by atoms with E-state index in [1.165, 1.54) is 0 Å². The molecule has 4 aliphatic heterocycles. The lowest BCUT2D eigenvalue weighted by Gasteiger charge is -2.47. The van der Waals surface area contributed by atoms with Crippen LogP contribution in [-0.4, -0.2) is 105 Å². The monoisotopic (exact) mass is 600 g/mol. The van der Waals surface area contributed by atoms with E-state index in [4.69, 9.17) is 10.5 Å². The molecule has 0 saturated carbocycles. The van der Waals surface area contributed by atoms with Crippen LogP contribution in [0.25, 0.3) is 0 Å². The number of allylic oxidation sites excluding steroid dienone is 2. The van der Waals surface area contributed by atoms with Crippen LogP contribution in [0, 0.1) is 34.5 Å². The first-order chi connectivity index (χ1) is 20.7. The average molecular weight is 601 g/mol. The van der Waals surface area contributed by atoms with E-state index in [9.17, 15) is 10.1 Å². The molecule has 1 amide bonds. The Balaban J connectivity index is 1.49. The second kappa shape index (κ2) is 16.0. The molecule has 0 bridgehead atoms. The van der Waals surface area contributed by atoms with Crippen molar-refractivity contribution in [1.82, 2.24) is 31.1 Å². The molecular formula is C33H60N8O2. The fourth-order valence-electron chi connectivity index (χ4n) is 7.38. The molecule has 3 fully saturated rings. The Labute approximate surface area is 260 Å². The number of nitrogens with one attached hydrogen (secondary N) is 4. The Hall–Kier alpha value is -1.74. The molecule has 4 heterocycles. The van der Waals surface area contributed by atoms with E-state index >= 15 is 0 Å². The number of ether oxygens (including phenoxy) is 1. The molecule has 7 atom stereocenters. The first-order valence-electron chi connectivity index (χ1n) is 17.1. The van der Waals surface area contributed by atoms with Gasteiger partial charge >= 0.3 is 0 Å². The van der Waals surface area contributed by atoms with Crippen molar-refractivity contribution in [2.75, 3.05) is 59.0 Å². The van der Waals surface area contributed by atoms with Crippen molar-refractivity contribution in [2.24, 2.45) is 28.9 Å². The van der Waals surface area contributed by atoms with Gasteiger partial charge in [-0.25, -0.2) is 0 Å². The number of amides is 1. The van der Waals surface area contributed by atoms with E-state index in [1.54, 1.807) is 0 Å². The predicted molar refractivity (Wildman–Crippen MR) is 172 cm³/mol. The van der Waals surface area contributed by atoms with Crippen LogP contribution in [0.5, 0.6) is 0 Å². The van der Waals surface area contributed by atoms with Gasteiger partial charge in [0.05, 0.1) is 48.9 Å². The van der Waals surface area contributed by atoms with Gasteiger partial charge in [0.15, 0.2) is 0 Å². The van der Waals surface area contributed by atoms with Crippen molar-refractivity contribution in [1.29, 1.82) is 5.26 Å². The Morgan fingerprint density at radius 1 is 1.21 bits per heavy atom. The van der Waals surface area contributed by atoms with Crippen LogP contribution in [0.3, 0.4) is 0 Å². The number of nitrogens with zero attached hydrogens (tertiary/aromatic N) is 3. The number of hydrogen-bond donors (Lipinski definition) is 5. The fraction of sp³-hybridized carbons (Fsp3) is 0.879. The van der Waals surface area contributed by atoms with Crippen molar-refractivity contribution < 1.29 is 9.53 Å². The van der Waals surface area contributed by atoms with Crippen molar-refractivity contribution in [3.05, 3.63) is 11.8 Å². The quantitative estimate of drug-likeness (QED) is 0.256. The Kier molecular flexibility index (Phi) is 12.7. The molecule has 0 radical (unpaired) electrons. The van der Waals surface area contributed by atoms with Gasteiger partial charge in [-0.15, -0.1) is 0 Å². The number of hydrogen-bond acceptors (Lipinski definition) is 9. The van der Waals surface area contributed by atoms with E-state index in [0.29, 0.717) is 24.5 Å². The standard InChI is InChI=1S/C33H60N8O2/c1-6-8-9-24(7-2)27-11-10-25(33(4,5)22-34)18-37-23(3)30(31(35)38-27)32(42)39-28-19-36-13-12-29(28)41-16-14-40(15-17-41)26-20-43-21-26/h11,23-26,28-31,36-38H,6-10,12-21,35H2,1-5H3,(H,39,42)/b27-11-. The summed E-state index contributed by atoms with van der Waals surface area (Å²) in [5.74, 6) is 0.0199. The number of carbonyl (C=O) groups excluding carboxylic acids is 1. The van der Waals surface area contributed by atoms with Gasteiger partial charge in [0.25, 0.3) is 0 Å². The van der Waals surface area contributed by atoms with Crippen LogP contribution in [0.4, 0.5) is 0 Å². The summed E-state index contributed by atoms with van der Waals surface area (Å²) in [6, 6.07) is 3.30. The van der Waals surface area contributed by atoms with E-state index in [0.717, 1.165) is 96.7 Å². The topological polar surface area (TPSA) is 131 Å². The summed E-state index contributed by atoms with van der Waals surface area (Å²) in [6.07, 6.45) is 7.97. The molecule has 10 nitrogen and oxygen atoms in total. The highest BCUT2D eigenvalue weighted by atomic mass is 16.5. The Morgan fingerprint density at radius 3 is 2.56 bits per heavy atom. The first kappa shape index (κ1) is 34.1. The van der Waals surface area contributed by atoms with Crippen LogP contribution in [0.1, 0.15) is 73.1 Å². The minimum Gasteiger partial charge on any atom is -0.378 e.